The van der Waals surface area contributed by atoms with Crippen LogP contribution in [0.1, 0.15) is 79.6 Å². The number of carbonyl (C=O) groups excluding carboxylic acids is 1. The zero-order valence-corrected chi connectivity index (χ0v) is 19.9. The molecule has 1 aromatic carbocycles. The Balaban J connectivity index is 1.62. The van der Waals surface area contributed by atoms with Gasteiger partial charge in [-0.2, -0.15) is 0 Å². The molecule has 0 radical (unpaired) electrons. The van der Waals surface area contributed by atoms with E-state index in [0.717, 1.165) is 31.8 Å². The molecule has 33 heavy (non-hydrogen) atoms. The predicted molar refractivity (Wildman–Crippen MR) is 130 cm³/mol. The van der Waals surface area contributed by atoms with E-state index in [2.05, 4.69) is 18.7 Å². The molecular weight excluding hydrogens is 416 g/mol. The Morgan fingerprint density at radius 3 is 2.27 bits per heavy atom. The van der Waals surface area contributed by atoms with Gasteiger partial charge in [0.1, 0.15) is 23.1 Å². The van der Waals surface area contributed by atoms with Gasteiger partial charge in [-0.05, 0) is 70.1 Å². The van der Waals surface area contributed by atoms with Gasteiger partial charge in [-0.15, -0.1) is 0 Å². The average Bonchev–Trinajstić information content (AvgIpc) is 3.36. The molecule has 6 nitrogen and oxygen atoms in total. The van der Waals surface area contributed by atoms with Crippen molar-refractivity contribution < 1.29 is 13.6 Å². The van der Waals surface area contributed by atoms with Crippen molar-refractivity contribution in [2.75, 3.05) is 26.2 Å². The van der Waals surface area contributed by atoms with E-state index in [1.807, 2.05) is 31.2 Å². The van der Waals surface area contributed by atoms with Crippen LogP contribution in [0.5, 0.6) is 0 Å². The second-order valence-corrected chi connectivity index (χ2v) is 8.92. The number of para-hydroxylation sites is 1. The molecule has 0 saturated heterocycles. The quantitative estimate of drug-likeness (QED) is 0.384. The SMILES string of the molecule is CCCCN(CCCC)CCCN1C(=O)c2oc3ccccc3c(=O)c2C1c1ccc(C)o1. The second kappa shape index (κ2) is 10.4. The van der Waals surface area contributed by atoms with Crippen molar-refractivity contribution in [3.8, 4) is 0 Å². The first kappa shape index (κ1) is 23.3. The summed E-state index contributed by atoms with van der Waals surface area (Å²) in [6.07, 6.45) is 5.53. The maximum absolute atomic E-state index is 13.4. The highest BCUT2D eigenvalue weighted by molar-refractivity contribution is 5.98. The molecule has 1 amide bonds. The van der Waals surface area contributed by atoms with Crippen molar-refractivity contribution in [1.82, 2.24) is 9.80 Å². The molecule has 0 fully saturated rings. The average molecular weight is 451 g/mol. The van der Waals surface area contributed by atoms with Crippen molar-refractivity contribution in [2.24, 2.45) is 0 Å². The van der Waals surface area contributed by atoms with Gasteiger partial charge < -0.3 is 18.6 Å². The first-order valence-electron chi connectivity index (χ1n) is 12.2. The Morgan fingerprint density at radius 1 is 0.909 bits per heavy atom. The van der Waals surface area contributed by atoms with Crippen LogP contribution in [-0.2, 0) is 0 Å². The minimum Gasteiger partial charge on any atom is -0.464 e. The first-order valence-corrected chi connectivity index (χ1v) is 12.2. The molecule has 0 aliphatic carbocycles. The standard InChI is InChI=1S/C27H34N2O4/c1-4-6-15-28(16-7-5-2)17-10-18-29-24(22-14-13-19(3)32-22)23-25(30)20-11-8-9-12-21(20)33-26(23)27(29)31/h8-9,11-14,24H,4-7,10,15-18H2,1-3H3. The molecule has 176 valence electrons. The van der Waals surface area contributed by atoms with Crippen molar-refractivity contribution >= 4 is 16.9 Å². The van der Waals surface area contributed by atoms with Crippen LogP contribution in [0, 0.1) is 6.92 Å². The van der Waals surface area contributed by atoms with Crippen LogP contribution < -0.4 is 5.43 Å². The maximum atomic E-state index is 13.4. The lowest BCUT2D eigenvalue weighted by atomic mass is 10.0. The van der Waals surface area contributed by atoms with Gasteiger partial charge in [0.2, 0.25) is 5.76 Å². The maximum Gasteiger partial charge on any atom is 0.291 e. The second-order valence-electron chi connectivity index (χ2n) is 8.92. The van der Waals surface area contributed by atoms with Gasteiger partial charge >= 0.3 is 0 Å². The summed E-state index contributed by atoms with van der Waals surface area (Å²) in [6, 6.07) is 10.3. The highest BCUT2D eigenvalue weighted by Gasteiger charge is 2.43. The molecule has 0 bridgehead atoms. The van der Waals surface area contributed by atoms with Crippen LogP contribution in [0.25, 0.3) is 11.0 Å². The lowest BCUT2D eigenvalue weighted by Crippen LogP contribution is -2.34. The number of nitrogens with zero attached hydrogens (tertiary/aromatic N) is 2. The molecule has 1 aliphatic heterocycles. The predicted octanol–water partition coefficient (Wildman–Crippen LogP) is 5.53. The summed E-state index contributed by atoms with van der Waals surface area (Å²) >= 11 is 0. The molecular formula is C27H34N2O4. The summed E-state index contributed by atoms with van der Waals surface area (Å²) in [5.74, 6) is 1.27. The fraction of sp³-hybridized carbons (Fsp3) is 0.481. The number of unbranched alkanes of at least 4 members (excludes halogenated alkanes) is 2. The van der Waals surface area contributed by atoms with Crippen molar-refractivity contribution in [3.05, 3.63) is 69.5 Å². The molecule has 0 N–H and O–H groups in total. The number of fused-ring (bicyclic) bond motifs is 2. The third-order valence-corrected chi connectivity index (χ3v) is 6.43. The summed E-state index contributed by atoms with van der Waals surface area (Å²) < 4.78 is 11.9. The largest absolute Gasteiger partial charge is 0.464 e. The fourth-order valence-corrected chi connectivity index (χ4v) is 4.66. The van der Waals surface area contributed by atoms with Crippen LogP contribution in [-0.4, -0.2) is 41.9 Å². The number of hydrogen-bond acceptors (Lipinski definition) is 5. The van der Waals surface area contributed by atoms with Gasteiger partial charge in [0.25, 0.3) is 5.91 Å². The Labute approximate surface area is 195 Å². The highest BCUT2D eigenvalue weighted by Crippen LogP contribution is 2.38. The Morgan fingerprint density at radius 2 is 1.61 bits per heavy atom. The Hall–Kier alpha value is -2.86. The van der Waals surface area contributed by atoms with Crippen molar-refractivity contribution in [2.45, 2.75) is 58.9 Å². The minimum absolute atomic E-state index is 0.145. The molecule has 3 aromatic rings. The van der Waals surface area contributed by atoms with E-state index in [4.69, 9.17) is 8.83 Å². The van der Waals surface area contributed by atoms with E-state index >= 15 is 0 Å². The van der Waals surface area contributed by atoms with Gasteiger partial charge in [0, 0.05) is 6.54 Å². The van der Waals surface area contributed by atoms with Crippen LogP contribution >= 0.6 is 0 Å². The van der Waals surface area contributed by atoms with E-state index in [9.17, 15) is 9.59 Å². The summed E-state index contributed by atoms with van der Waals surface area (Å²) in [5.41, 5.74) is 0.673. The smallest absolute Gasteiger partial charge is 0.291 e. The Bertz CT molecular complexity index is 1150. The summed E-state index contributed by atoms with van der Waals surface area (Å²) in [4.78, 5) is 31.1. The molecule has 1 atom stereocenters. The van der Waals surface area contributed by atoms with E-state index < -0.39 is 6.04 Å². The highest BCUT2D eigenvalue weighted by atomic mass is 16.4. The topological polar surface area (TPSA) is 66.9 Å². The summed E-state index contributed by atoms with van der Waals surface area (Å²) in [5, 5.41) is 0.490. The molecule has 0 saturated carbocycles. The van der Waals surface area contributed by atoms with Crippen LogP contribution in [0.15, 0.2) is 50.0 Å². The van der Waals surface area contributed by atoms with Gasteiger partial charge in [-0.3, -0.25) is 9.59 Å². The zero-order valence-electron chi connectivity index (χ0n) is 19.9. The third kappa shape index (κ3) is 4.76. The molecule has 1 unspecified atom stereocenters. The number of furan rings is 1. The number of amides is 1. The number of carbonyl (C=O) groups is 1. The zero-order chi connectivity index (χ0) is 23.4. The molecule has 2 aromatic heterocycles. The first-order chi connectivity index (χ1) is 16.0. The van der Waals surface area contributed by atoms with E-state index in [1.165, 1.54) is 25.7 Å². The van der Waals surface area contributed by atoms with Crippen molar-refractivity contribution in [3.63, 3.8) is 0 Å². The summed E-state index contributed by atoms with van der Waals surface area (Å²) in [6.45, 7) is 9.91. The number of rotatable bonds is 11. The van der Waals surface area contributed by atoms with Gasteiger partial charge in [0.15, 0.2) is 5.43 Å². The lowest BCUT2D eigenvalue weighted by molar-refractivity contribution is 0.0705. The molecule has 4 rings (SSSR count). The third-order valence-electron chi connectivity index (χ3n) is 6.43. The normalized spacial score (nSPS) is 15.7. The van der Waals surface area contributed by atoms with Gasteiger partial charge in [0.05, 0.1) is 10.9 Å². The van der Waals surface area contributed by atoms with Gasteiger partial charge in [-0.1, -0.05) is 38.8 Å². The molecule has 3 heterocycles. The Kier molecular flexibility index (Phi) is 7.33. The van der Waals surface area contributed by atoms with Crippen LogP contribution in [0.3, 0.4) is 0 Å². The van der Waals surface area contributed by atoms with E-state index in [0.29, 0.717) is 28.8 Å². The number of aryl methyl sites for hydroxylation is 1. The monoisotopic (exact) mass is 450 g/mol. The fourth-order valence-electron chi connectivity index (χ4n) is 4.66. The number of benzene rings is 1. The van der Waals surface area contributed by atoms with Crippen LogP contribution in [0.4, 0.5) is 0 Å². The molecule has 0 spiro atoms. The molecule has 6 heteroatoms. The van der Waals surface area contributed by atoms with Crippen LogP contribution in [0.2, 0.25) is 0 Å². The summed E-state index contributed by atoms with van der Waals surface area (Å²) in [7, 11) is 0. The van der Waals surface area contributed by atoms with E-state index in [1.54, 1.807) is 17.0 Å². The van der Waals surface area contributed by atoms with E-state index in [-0.39, 0.29) is 17.1 Å². The molecule has 1 aliphatic rings. The minimum atomic E-state index is -0.554. The lowest BCUT2D eigenvalue weighted by Gasteiger charge is -2.26. The number of hydrogen-bond donors (Lipinski definition) is 0. The van der Waals surface area contributed by atoms with Crippen molar-refractivity contribution in [1.29, 1.82) is 0 Å². The van der Waals surface area contributed by atoms with Gasteiger partial charge in [-0.25, -0.2) is 0 Å².